The van der Waals surface area contributed by atoms with Gasteiger partial charge in [-0.15, -0.1) is 0 Å². The van der Waals surface area contributed by atoms with Crippen LogP contribution in [0.5, 0.6) is 0 Å². The van der Waals surface area contributed by atoms with Gasteiger partial charge in [-0.2, -0.15) is 0 Å². The third kappa shape index (κ3) is 2.58. The lowest BCUT2D eigenvalue weighted by atomic mass is 9.50. The SMILES string of the molecule is COC(=O)[C@]12C=C[C@H](OC(C)=O)C3[C@]1(CC[C@@H](C)[C@]3(C)CCc1ccoc1)C2. The van der Waals surface area contributed by atoms with Crippen LogP contribution >= 0.6 is 0 Å². The minimum Gasteiger partial charge on any atom is -0.472 e. The summed E-state index contributed by atoms with van der Waals surface area (Å²) < 4.78 is 16.2. The summed E-state index contributed by atoms with van der Waals surface area (Å²) in [5.74, 6) is 0.146. The summed E-state index contributed by atoms with van der Waals surface area (Å²) in [5, 5.41) is 0. The Morgan fingerprint density at radius 2 is 2.14 bits per heavy atom. The molecule has 1 aromatic rings. The van der Waals surface area contributed by atoms with E-state index in [1.54, 1.807) is 12.5 Å². The van der Waals surface area contributed by atoms with Gasteiger partial charge >= 0.3 is 11.9 Å². The minimum absolute atomic E-state index is 0.0594. The monoisotopic (exact) mass is 386 g/mol. The predicted octanol–water partition coefficient (Wildman–Crippen LogP) is 4.32. The van der Waals surface area contributed by atoms with E-state index in [1.165, 1.54) is 19.6 Å². The van der Waals surface area contributed by atoms with Crippen LogP contribution in [0.2, 0.25) is 0 Å². The third-order valence-corrected chi connectivity index (χ3v) is 8.10. The lowest BCUT2D eigenvalue weighted by molar-refractivity contribution is -0.163. The van der Waals surface area contributed by atoms with Crippen LogP contribution in [0.4, 0.5) is 0 Å². The number of rotatable bonds is 5. The molecule has 0 aliphatic heterocycles. The molecular formula is C23H30O5. The Morgan fingerprint density at radius 3 is 2.79 bits per heavy atom. The van der Waals surface area contributed by atoms with E-state index in [9.17, 15) is 9.59 Å². The van der Waals surface area contributed by atoms with Crippen molar-refractivity contribution in [3.63, 3.8) is 0 Å². The number of aryl methyl sites for hydroxylation is 1. The molecular weight excluding hydrogens is 356 g/mol. The molecule has 0 bridgehead atoms. The fourth-order valence-electron chi connectivity index (χ4n) is 6.41. The van der Waals surface area contributed by atoms with Crippen LogP contribution in [0.1, 0.15) is 52.0 Å². The molecule has 152 valence electrons. The summed E-state index contributed by atoms with van der Waals surface area (Å²) in [6.45, 7) is 6.08. The average Bonchev–Trinajstić information content (AvgIpc) is 3.04. The molecule has 6 atom stereocenters. The summed E-state index contributed by atoms with van der Waals surface area (Å²) in [6.07, 6.45) is 11.8. The van der Waals surface area contributed by atoms with Crippen molar-refractivity contribution in [1.82, 2.24) is 0 Å². The van der Waals surface area contributed by atoms with Crippen LogP contribution in [-0.2, 0) is 25.5 Å². The molecule has 0 saturated heterocycles. The lowest BCUT2D eigenvalue weighted by Gasteiger charge is -2.55. The first-order valence-corrected chi connectivity index (χ1v) is 10.3. The molecule has 3 aliphatic carbocycles. The van der Waals surface area contributed by atoms with Crippen LogP contribution in [0.25, 0.3) is 0 Å². The van der Waals surface area contributed by atoms with Gasteiger partial charge in [0.05, 0.1) is 25.1 Å². The van der Waals surface area contributed by atoms with Gasteiger partial charge in [0.2, 0.25) is 0 Å². The molecule has 0 N–H and O–H groups in total. The van der Waals surface area contributed by atoms with E-state index in [1.807, 2.05) is 18.2 Å². The molecule has 5 nitrogen and oxygen atoms in total. The molecule has 0 amide bonds. The number of carbonyl (C=O) groups excluding carboxylic acids is 2. The van der Waals surface area contributed by atoms with E-state index in [0.29, 0.717) is 5.92 Å². The lowest BCUT2D eigenvalue weighted by Crippen LogP contribution is -2.54. The predicted molar refractivity (Wildman–Crippen MR) is 103 cm³/mol. The van der Waals surface area contributed by atoms with Crippen LogP contribution in [0, 0.1) is 28.1 Å². The summed E-state index contributed by atoms with van der Waals surface area (Å²) in [5.41, 5.74) is 0.390. The zero-order valence-electron chi connectivity index (χ0n) is 17.2. The topological polar surface area (TPSA) is 65.7 Å². The van der Waals surface area contributed by atoms with Crippen LogP contribution in [-0.4, -0.2) is 25.2 Å². The number of furan rings is 1. The highest BCUT2D eigenvalue weighted by molar-refractivity contribution is 5.85. The van der Waals surface area contributed by atoms with Crippen LogP contribution < -0.4 is 0 Å². The molecule has 2 fully saturated rings. The van der Waals surface area contributed by atoms with E-state index < -0.39 is 5.41 Å². The standard InChI is InChI=1S/C23H30O5/c1-15-5-10-22-14-23(22,20(25)26-4)11-7-18(28-16(2)24)19(22)21(15,3)9-6-17-8-12-27-13-17/h7-8,11-13,15,18-19H,5-6,9-10,14H2,1-4H3/t15-,18+,19?,21+,22+,23-/m1/s1. The first-order valence-electron chi connectivity index (χ1n) is 10.3. The van der Waals surface area contributed by atoms with E-state index >= 15 is 0 Å². The molecule has 0 radical (unpaired) electrons. The van der Waals surface area contributed by atoms with Gasteiger partial charge in [-0.1, -0.05) is 19.9 Å². The highest BCUT2D eigenvalue weighted by Crippen LogP contribution is 2.79. The Balaban J connectivity index is 1.73. The van der Waals surface area contributed by atoms with Gasteiger partial charge in [0.1, 0.15) is 6.10 Å². The molecule has 28 heavy (non-hydrogen) atoms. The zero-order valence-corrected chi connectivity index (χ0v) is 17.2. The normalized spacial score (nSPS) is 40.9. The maximum atomic E-state index is 12.8. The second-order valence-electron chi connectivity index (χ2n) is 9.28. The Bertz CT molecular complexity index is 796. The van der Waals surface area contributed by atoms with Crippen molar-refractivity contribution in [1.29, 1.82) is 0 Å². The Kier molecular flexibility index (Phi) is 4.48. The second-order valence-corrected chi connectivity index (χ2v) is 9.28. The number of hydrogen-bond acceptors (Lipinski definition) is 5. The van der Waals surface area contributed by atoms with Gasteiger partial charge in [-0.3, -0.25) is 9.59 Å². The van der Waals surface area contributed by atoms with Gasteiger partial charge in [-0.05, 0) is 66.6 Å². The average molecular weight is 386 g/mol. The van der Waals surface area contributed by atoms with E-state index in [2.05, 4.69) is 13.8 Å². The van der Waals surface area contributed by atoms with Crippen molar-refractivity contribution in [2.75, 3.05) is 7.11 Å². The van der Waals surface area contributed by atoms with Gasteiger partial charge in [0.25, 0.3) is 0 Å². The number of carbonyl (C=O) groups is 2. The van der Waals surface area contributed by atoms with Crippen LogP contribution in [0.15, 0.2) is 35.2 Å². The van der Waals surface area contributed by atoms with Crippen molar-refractivity contribution in [3.05, 3.63) is 36.3 Å². The molecule has 2 saturated carbocycles. The Morgan fingerprint density at radius 1 is 1.36 bits per heavy atom. The van der Waals surface area contributed by atoms with Gasteiger partial charge in [0, 0.05) is 12.8 Å². The first kappa shape index (κ1) is 19.3. The molecule has 5 heteroatoms. The number of esters is 2. The van der Waals surface area contributed by atoms with E-state index in [-0.39, 0.29) is 34.8 Å². The van der Waals surface area contributed by atoms with E-state index in [4.69, 9.17) is 13.9 Å². The minimum atomic E-state index is -0.555. The fraction of sp³-hybridized carbons (Fsp3) is 0.652. The maximum absolute atomic E-state index is 12.8. The zero-order chi connectivity index (χ0) is 20.2. The summed E-state index contributed by atoms with van der Waals surface area (Å²) in [6, 6.07) is 2.01. The Hall–Kier alpha value is -2.04. The van der Waals surface area contributed by atoms with Crippen molar-refractivity contribution >= 4 is 11.9 Å². The van der Waals surface area contributed by atoms with Gasteiger partial charge in [-0.25, -0.2) is 0 Å². The first-order chi connectivity index (χ1) is 13.3. The highest BCUT2D eigenvalue weighted by atomic mass is 16.5. The van der Waals surface area contributed by atoms with E-state index in [0.717, 1.165) is 32.1 Å². The van der Waals surface area contributed by atoms with Crippen LogP contribution in [0.3, 0.4) is 0 Å². The fourth-order valence-corrected chi connectivity index (χ4v) is 6.41. The number of hydrogen-bond donors (Lipinski definition) is 0. The maximum Gasteiger partial charge on any atom is 0.316 e. The smallest absolute Gasteiger partial charge is 0.316 e. The van der Waals surface area contributed by atoms with Crippen molar-refractivity contribution in [3.8, 4) is 0 Å². The summed E-state index contributed by atoms with van der Waals surface area (Å²) in [7, 11) is 1.47. The Labute approximate surface area is 166 Å². The van der Waals surface area contributed by atoms with Gasteiger partial charge in [0.15, 0.2) is 0 Å². The molecule has 1 spiro atoms. The quantitative estimate of drug-likeness (QED) is 0.557. The van der Waals surface area contributed by atoms with Crippen molar-refractivity contribution in [2.45, 2.75) is 59.0 Å². The summed E-state index contributed by atoms with van der Waals surface area (Å²) in [4.78, 5) is 24.6. The number of ether oxygens (including phenoxy) is 2. The molecule has 1 heterocycles. The van der Waals surface area contributed by atoms with Crippen molar-refractivity contribution in [2.24, 2.45) is 28.1 Å². The molecule has 1 aromatic heterocycles. The number of methoxy groups -OCH3 is 1. The van der Waals surface area contributed by atoms with Gasteiger partial charge < -0.3 is 13.9 Å². The highest BCUT2D eigenvalue weighted by Gasteiger charge is 2.79. The van der Waals surface area contributed by atoms with Crippen molar-refractivity contribution < 1.29 is 23.5 Å². The largest absolute Gasteiger partial charge is 0.472 e. The molecule has 0 aromatic carbocycles. The second kappa shape index (κ2) is 6.50. The summed E-state index contributed by atoms with van der Waals surface area (Å²) >= 11 is 0. The molecule has 1 unspecified atom stereocenters. The third-order valence-electron chi connectivity index (χ3n) is 8.10. The molecule has 3 aliphatic rings. The molecule has 4 rings (SSSR count).